The number of pyridine rings is 1. The summed E-state index contributed by atoms with van der Waals surface area (Å²) in [5.41, 5.74) is 1.13. The van der Waals surface area contributed by atoms with Gasteiger partial charge in [0, 0.05) is 23.2 Å². The van der Waals surface area contributed by atoms with Crippen molar-refractivity contribution in [2.75, 3.05) is 0 Å². The van der Waals surface area contributed by atoms with Crippen molar-refractivity contribution in [1.82, 2.24) is 15.0 Å². The highest BCUT2D eigenvalue weighted by Gasteiger charge is 2.01. The lowest BCUT2D eigenvalue weighted by Gasteiger charge is -1.97. The molecule has 0 aliphatic carbocycles. The van der Waals surface area contributed by atoms with Gasteiger partial charge in [0.2, 0.25) is 0 Å². The van der Waals surface area contributed by atoms with Gasteiger partial charge in [0.05, 0.1) is 17.2 Å². The average Bonchev–Trinajstić information content (AvgIpc) is 2.50. The van der Waals surface area contributed by atoms with Crippen LogP contribution < -0.4 is 5.56 Å². The predicted molar refractivity (Wildman–Crippen MR) is 61.1 cm³/mol. The van der Waals surface area contributed by atoms with Crippen molar-refractivity contribution in [2.24, 2.45) is 0 Å². The van der Waals surface area contributed by atoms with Gasteiger partial charge in [-0.3, -0.25) is 14.8 Å². The van der Waals surface area contributed by atoms with Crippen LogP contribution in [0.2, 0.25) is 0 Å². The summed E-state index contributed by atoms with van der Waals surface area (Å²) in [5, 5.41) is 1.71. The Kier molecular flexibility index (Phi) is 1.86. The van der Waals surface area contributed by atoms with Gasteiger partial charge in [-0.1, -0.05) is 0 Å². The normalized spacial score (nSPS) is 10.8. The zero-order valence-corrected chi connectivity index (χ0v) is 8.29. The molecule has 76 valence electrons. The van der Waals surface area contributed by atoms with Gasteiger partial charge in [-0.2, -0.15) is 0 Å². The lowest BCUT2D eigenvalue weighted by Crippen LogP contribution is -1.99. The molecule has 0 saturated carbocycles. The summed E-state index contributed by atoms with van der Waals surface area (Å²) in [6, 6.07) is 7.49. The van der Waals surface area contributed by atoms with Gasteiger partial charge in [-0.15, -0.1) is 0 Å². The second-order valence-electron chi connectivity index (χ2n) is 3.43. The molecule has 2 heterocycles. The van der Waals surface area contributed by atoms with E-state index in [1.165, 1.54) is 6.20 Å². The maximum Gasteiger partial charge on any atom is 0.288 e. The van der Waals surface area contributed by atoms with Crippen LogP contribution in [0.3, 0.4) is 0 Å². The summed E-state index contributed by atoms with van der Waals surface area (Å²) in [7, 11) is 0. The van der Waals surface area contributed by atoms with E-state index in [-0.39, 0.29) is 5.56 Å². The molecule has 3 rings (SSSR count). The lowest BCUT2D eigenvalue weighted by molar-refractivity contribution is 1.26. The zero-order valence-electron chi connectivity index (χ0n) is 8.29. The first-order valence-electron chi connectivity index (χ1n) is 4.84. The minimum Gasteiger partial charge on any atom is -0.266 e. The smallest absolute Gasteiger partial charge is 0.266 e. The van der Waals surface area contributed by atoms with Gasteiger partial charge >= 0.3 is 0 Å². The summed E-state index contributed by atoms with van der Waals surface area (Å²) in [4.78, 5) is 23.4. The molecule has 0 bridgehead atoms. The monoisotopic (exact) mass is 209 g/mol. The highest BCUT2D eigenvalue weighted by molar-refractivity contribution is 6.02. The molecule has 2 aromatic heterocycles. The topological polar surface area (TPSA) is 55.7 Å². The molecule has 0 atom stereocenters. The van der Waals surface area contributed by atoms with E-state index < -0.39 is 0 Å². The van der Waals surface area contributed by atoms with Gasteiger partial charge in [-0.25, -0.2) is 4.98 Å². The standard InChI is InChI=1S/C12H7N3O/c16-11-7-13-6-8-3-4-10-9(12(8)15-11)2-1-5-14-10/h1-7H. The van der Waals surface area contributed by atoms with Crippen molar-refractivity contribution in [3.05, 3.63) is 53.2 Å². The first-order chi connectivity index (χ1) is 7.84. The van der Waals surface area contributed by atoms with E-state index in [1.807, 2.05) is 24.3 Å². The molecule has 1 aromatic carbocycles. The Balaban J connectivity index is 2.65. The summed E-state index contributed by atoms with van der Waals surface area (Å²) in [5.74, 6) is 0. The molecule has 4 heteroatoms. The molecular formula is C12H7N3O. The van der Waals surface area contributed by atoms with Crippen LogP contribution >= 0.6 is 0 Å². The maximum atomic E-state index is 11.3. The second-order valence-corrected chi connectivity index (χ2v) is 3.43. The molecule has 0 unspecified atom stereocenters. The van der Waals surface area contributed by atoms with Crippen LogP contribution in [-0.2, 0) is 0 Å². The van der Waals surface area contributed by atoms with E-state index in [0.717, 1.165) is 16.3 Å². The third-order valence-corrected chi connectivity index (χ3v) is 2.41. The summed E-state index contributed by atoms with van der Waals surface area (Å²) in [6.45, 7) is 0. The highest BCUT2D eigenvalue weighted by atomic mass is 16.1. The molecule has 0 fully saturated rings. The Bertz CT molecular complexity index is 740. The van der Waals surface area contributed by atoms with Crippen molar-refractivity contribution in [1.29, 1.82) is 0 Å². The molecule has 3 aromatic rings. The van der Waals surface area contributed by atoms with Crippen molar-refractivity contribution in [2.45, 2.75) is 0 Å². The summed E-state index contributed by atoms with van der Waals surface area (Å²) in [6.07, 6.45) is 4.56. The first-order valence-corrected chi connectivity index (χ1v) is 4.84. The van der Waals surface area contributed by atoms with E-state index in [9.17, 15) is 4.79 Å². The number of rotatable bonds is 0. The molecule has 0 radical (unpaired) electrons. The van der Waals surface area contributed by atoms with Gasteiger partial charge < -0.3 is 0 Å². The van der Waals surface area contributed by atoms with E-state index in [2.05, 4.69) is 15.0 Å². The minimum absolute atomic E-state index is 0.341. The third-order valence-electron chi connectivity index (χ3n) is 2.41. The largest absolute Gasteiger partial charge is 0.288 e. The maximum absolute atomic E-state index is 11.3. The van der Waals surface area contributed by atoms with Crippen LogP contribution in [0.1, 0.15) is 0 Å². The molecule has 4 nitrogen and oxygen atoms in total. The molecule has 16 heavy (non-hydrogen) atoms. The van der Waals surface area contributed by atoms with E-state index in [0.29, 0.717) is 5.52 Å². The highest BCUT2D eigenvalue weighted by Crippen LogP contribution is 2.19. The number of hydrogen-bond donors (Lipinski definition) is 0. The Labute approximate surface area is 90.6 Å². The van der Waals surface area contributed by atoms with Gasteiger partial charge in [0.1, 0.15) is 0 Å². The quantitative estimate of drug-likeness (QED) is 0.563. The van der Waals surface area contributed by atoms with Crippen LogP contribution in [-0.4, -0.2) is 15.0 Å². The van der Waals surface area contributed by atoms with Crippen molar-refractivity contribution >= 4 is 21.8 Å². The molecule has 0 aliphatic rings. The first kappa shape index (κ1) is 8.91. The lowest BCUT2D eigenvalue weighted by atomic mass is 10.1. The van der Waals surface area contributed by atoms with Crippen molar-refractivity contribution in [3.8, 4) is 0 Å². The Hall–Kier alpha value is -2.36. The van der Waals surface area contributed by atoms with Gasteiger partial charge in [0.25, 0.3) is 5.56 Å². The van der Waals surface area contributed by atoms with E-state index in [1.54, 1.807) is 12.4 Å². The van der Waals surface area contributed by atoms with Crippen molar-refractivity contribution < 1.29 is 0 Å². The SMILES string of the molecule is O=c1cncc2ccc3ncccc3c2n1. The second kappa shape index (κ2) is 3.34. The van der Waals surface area contributed by atoms with E-state index in [4.69, 9.17) is 0 Å². The Morgan fingerprint density at radius 3 is 2.94 bits per heavy atom. The fourth-order valence-corrected chi connectivity index (χ4v) is 1.70. The summed E-state index contributed by atoms with van der Waals surface area (Å²) < 4.78 is 0. The van der Waals surface area contributed by atoms with Crippen LogP contribution in [0, 0.1) is 0 Å². The fraction of sp³-hybridized carbons (Fsp3) is 0. The van der Waals surface area contributed by atoms with Crippen LogP contribution in [0.4, 0.5) is 0 Å². The van der Waals surface area contributed by atoms with Gasteiger partial charge in [0.15, 0.2) is 0 Å². The third kappa shape index (κ3) is 1.32. The minimum atomic E-state index is -0.341. The Morgan fingerprint density at radius 1 is 1.06 bits per heavy atom. The van der Waals surface area contributed by atoms with Crippen LogP contribution in [0.15, 0.2) is 47.7 Å². The molecule has 0 N–H and O–H groups in total. The number of nitrogens with zero attached hydrogens (tertiary/aromatic N) is 3. The van der Waals surface area contributed by atoms with Crippen LogP contribution in [0.5, 0.6) is 0 Å². The Morgan fingerprint density at radius 2 is 2.00 bits per heavy atom. The number of benzene rings is 1. The fourth-order valence-electron chi connectivity index (χ4n) is 1.70. The number of aromatic nitrogens is 3. The predicted octanol–water partition coefficient (Wildman–Crippen LogP) is 1.54. The number of fused-ring (bicyclic) bond motifs is 3. The number of hydrogen-bond acceptors (Lipinski definition) is 4. The van der Waals surface area contributed by atoms with Crippen LogP contribution in [0.25, 0.3) is 21.8 Å². The summed E-state index contributed by atoms with van der Waals surface area (Å²) >= 11 is 0. The molecule has 0 amide bonds. The van der Waals surface area contributed by atoms with Gasteiger partial charge in [-0.05, 0) is 24.3 Å². The molecule has 0 aliphatic heterocycles. The molecule has 0 spiro atoms. The average molecular weight is 209 g/mol. The zero-order chi connectivity index (χ0) is 11.0. The molecule has 0 saturated heterocycles. The van der Waals surface area contributed by atoms with E-state index >= 15 is 0 Å². The molecular weight excluding hydrogens is 202 g/mol. The van der Waals surface area contributed by atoms with Crippen molar-refractivity contribution in [3.63, 3.8) is 0 Å².